The van der Waals surface area contributed by atoms with E-state index in [0.717, 1.165) is 44.8 Å². The Balaban J connectivity index is 3.02. The molecule has 1 aromatic rings. The molecular formula is C42H80O5Si2. The maximum absolute atomic E-state index is 11.6. The van der Waals surface area contributed by atoms with Gasteiger partial charge in [-0.1, -0.05) is 132 Å². The first-order chi connectivity index (χ1) is 22.7. The van der Waals surface area contributed by atoms with E-state index in [1.54, 1.807) is 7.11 Å². The van der Waals surface area contributed by atoms with Gasteiger partial charge in [0.25, 0.3) is 0 Å². The average molecular weight is 721 g/mol. The molecule has 1 rings (SSSR count). The highest BCUT2D eigenvalue weighted by molar-refractivity contribution is 6.74. The SMILES string of the molecule is CCC(Cc1ccccc1)C(CCCCCCC(C)C(O[Si](C)(C)C(C)(C)C)C(C)C(CCC(C)C=O)O[Si](C)(C)C(C)(C)C)OCOC. The van der Waals surface area contributed by atoms with Gasteiger partial charge in [-0.25, -0.2) is 0 Å². The van der Waals surface area contributed by atoms with E-state index in [1.165, 1.54) is 31.2 Å². The van der Waals surface area contributed by atoms with E-state index in [-0.39, 0.29) is 40.2 Å². The summed E-state index contributed by atoms with van der Waals surface area (Å²) in [6.07, 6.45) is 12.4. The van der Waals surface area contributed by atoms with Crippen LogP contribution in [0.1, 0.15) is 133 Å². The molecule has 0 saturated heterocycles. The highest BCUT2D eigenvalue weighted by atomic mass is 28.4. The summed E-state index contributed by atoms with van der Waals surface area (Å²) in [5.74, 6) is 1.20. The second-order valence-electron chi connectivity index (χ2n) is 18.2. The lowest BCUT2D eigenvalue weighted by atomic mass is 9.84. The maximum Gasteiger partial charge on any atom is 0.192 e. The fourth-order valence-electron chi connectivity index (χ4n) is 6.35. The number of aldehydes is 1. The molecule has 49 heavy (non-hydrogen) atoms. The molecule has 286 valence electrons. The van der Waals surface area contributed by atoms with Crippen LogP contribution in [-0.4, -0.2) is 55.1 Å². The molecule has 0 amide bonds. The Hall–Kier alpha value is -0.836. The summed E-state index contributed by atoms with van der Waals surface area (Å²) in [6, 6.07) is 10.8. The molecule has 0 saturated carbocycles. The molecule has 0 aliphatic heterocycles. The Morgan fingerprint density at radius 2 is 1.29 bits per heavy atom. The quantitative estimate of drug-likeness (QED) is 0.0436. The summed E-state index contributed by atoms with van der Waals surface area (Å²) in [6.45, 7) is 32.9. The lowest BCUT2D eigenvalue weighted by molar-refractivity contribution is -0.111. The summed E-state index contributed by atoms with van der Waals surface area (Å²) < 4.78 is 26.1. The average Bonchev–Trinajstić information content (AvgIpc) is 3.02. The zero-order valence-corrected chi connectivity index (χ0v) is 36.8. The largest absolute Gasteiger partial charge is 0.414 e. The maximum atomic E-state index is 11.6. The third-order valence-electron chi connectivity index (χ3n) is 12.0. The van der Waals surface area contributed by atoms with Crippen LogP contribution in [0, 0.1) is 23.7 Å². The molecule has 0 spiro atoms. The first kappa shape index (κ1) is 46.2. The van der Waals surface area contributed by atoms with Crippen molar-refractivity contribution in [2.24, 2.45) is 23.7 Å². The predicted molar refractivity (Wildman–Crippen MR) is 215 cm³/mol. The van der Waals surface area contributed by atoms with E-state index >= 15 is 0 Å². The zero-order chi connectivity index (χ0) is 37.5. The van der Waals surface area contributed by atoms with Gasteiger partial charge < -0.3 is 23.1 Å². The van der Waals surface area contributed by atoms with Crippen LogP contribution in [0.2, 0.25) is 36.3 Å². The Labute approximate surface area is 306 Å². The summed E-state index contributed by atoms with van der Waals surface area (Å²) in [4.78, 5) is 11.6. The number of benzene rings is 1. The van der Waals surface area contributed by atoms with E-state index in [9.17, 15) is 4.79 Å². The summed E-state index contributed by atoms with van der Waals surface area (Å²) in [5.41, 5.74) is 1.38. The van der Waals surface area contributed by atoms with Crippen LogP contribution >= 0.6 is 0 Å². The van der Waals surface area contributed by atoms with Crippen molar-refractivity contribution in [1.29, 1.82) is 0 Å². The van der Waals surface area contributed by atoms with E-state index in [2.05, 4.69) is 119 Å². The first-order valence-corrected chi connectivity index (χ1v) is 25.5. The number of carbonyl (C=O) groups is 1. The number of hydrogen-bond donors (Lipinski definition) is 0. The molecule has 7 heteroatoms. The van der Waals surface area contributed by atoms with Crippen molar-refractivity contribution in [1.82, 2.24) is 0 Å². The smallest absolute Gasteiger partial charge is 0.192 e. The number of unbranched alkanes of at least 4 members (excludes halogenated alkanes) is 3. The standard InChI is InChI=1S/C42H80O5Si2/c1-16-37(30-36-25-21-19-22-26-36)39(45-32-44-11)27-23-18-17-20-24-34(3)40(47-49(14,15)42(8,9)10)35(4)38(29-28-33(2)31-43)46-48(12,13)41(5,6)7/h19,21-22,25-26,31,33-35,37-40H,16-18,20,23-24,27-30,32H2,1-15H3. The molecule has 0 radical (unpaired) electrons. The van der Waals surface area contributed by atoms with Gasteiger partial charge in [-0.2, -0.15) is 0 Å². The van der Waals surface area contributed by atoms with Crippen molar-refractivity contribution < 1.29 is 23.1 Å². The minimum Gasteiger partial charge on any atom is -0.414 e. The van der Waals surface area contributed by atoms with Crippen LogP contribution in [-0.2, 0) is 29.5 Å². The topological polar surface area (TPSA) is 54.0 Å². The van der Waals surface area contributed by atoms with Crippen molar-refractivity contribution in [2.75, 3.05) is 13.9 Å². The third-order valence-corrected chi connectivity index (χ3v) is 21.0. The van der Waals surface area contributed by atoms with Crippen molar-refractivity contribution in [2.45, 2.75) is 188 Å². The highest BCUT2D eigenvalue weighted by Crippen LogP contribution is 2.43. The molecule has 0 aliphatic carbocycles. The number of methoxy groups -OCH3 is 1. The molecule has 7 unspecified atom stereocenters. The monoisotopic (exact) mass is 721 g/mol. The van der Waals surface area contributed by atoms with E-state index in [4.69, 9.17) is 18.3 Å². The van der Waals surface area contributed by atoms with Gasteiger partial charge in [-0.15, -0.1) is 0 Å². The molecule has 1 aromatic carbocycles. The number of hydrogen-bond acceptors (Lipinski definition) is 5. The molecule has 7 atom stereocenters. The van der Waals surface area contributed by atoms with Gasteiger partial charge in [0.2, 0.25) is 0 Å². The third kappa shape index (κ3) is 16.2. The van der Waals surface area contributed by atoms with Gasteiger partial charge in [0.05, 0.1) is 18.3 Å². The lowest BCUT2D eigenvalue weighted by Crippen LogP contribution is -2.52. The fourth-order valence-corrected chi connectivity index (χ4v) is 9.27. The van der Waals surface area contributed by atoms with Gasteiger partial charge in [0.15, 0.2) is 16.6 Å². The normalized spacial score (nSPS) is 17.6. The minimum atomic E-state index is -2.04. The van der Waals surface area contributed by atoms with E-state index in [1.807, 2.05) is 6.92 Å². The van der Waals surface area contributed by atoms with Crippen LogP contribution in [0.3, 0.4) is 0 Å². The Kier molecular flexibility index (Phi) is 20.4. The van der Waals surface area contributed by atoms with Gasteiger partial charge in [-0.05, 0) is 85.8 Å². The number of ether oxygens (including phenoxy) is 2. The van der Waals surface area contributed by atoms with Crippen molar-refractivity contribution in [3.63, 3.8) is 0 Å². The van der Waals surface area contributed by atoms with Crippen LogP contribution in [0.5, 0.6) is 0 Å². The molecule has 0 heterocycles. The minimum absolute atomic E-state index is 0.0420. The molecule has 0 N–H and O–H groups in total. The van der Waals surface area contributed by atoms with Crippen LogP contribution in [0.4, 0.5) is 0 Å². The second kappa shape index (κ2) is 21.6. The molecule has 0 fully saturated rings. The Bertz CT molecular complexity index is 1020. The van der Waals surface area contributed by atoms with Crippen LogP contribution < -0.4 is 0 Å². The summed E-state index contributed by atoms with van der Waals surface area (Å²) in [7, 11) is -2.35. The van der Waals surface area contributed by atoms with E-state index in [0.29, 0.717) is 18.6 Å². The zero-order valence-electron chi connectivity index (χ0n) is 34.8. The van der Waals surface area contributed by atoms with Crippen LogP contribution in [0.25, 0.3) is 0 Å². The van der Waals surface area contributed by atoms with Gasteiger partial charge in [-0.3, -0.25) is 0 Å². The number of rotatable bonds is 25. The first-order valence-electron chi connectivity index (χ1n) is 19.7. The molecule has 0 bridgehead atoms. The fraction of sp³-hybridized carbons (Fsp3) is 0.833. The van der Waals surface area contributed by atoms with Crippen molar-refractivity contribution in [3.05, 3.63) is 35.9 Å². The molecule has 5 nitrogen and oxygen atoms in total. The highest BCUT2D eigenvalue weighted by Gasteiger charge is 2.45. The van der Waals surface area contributed by atoms with Gasteiger partial charge in [0.1, 0.15) is 13.1 Å². The molecule has 0 aromatic heterocycles. The Morgan fingerprint density at radius 3 is 1.80 bits per heavy atom. The van der Waals surface area contributed by atoms with E-state index < -0.39 is 16.6 Å². The van der Waals surface area contributed by atoms with Crippen molar-refractivity contribution in [3.8, 4) is 0 Å². The predicted octanol–water partition coefficient (Wildman–Crippen LogP) is 12.3. The second-order valence-corrected chi connectivity index (χ2v) is 27.8. The lowest BCUT2D eigenvalue weighted by Gasteiger charge is -2.47. The summed E-state index contributed by atoms with van der Waals surface area (Å²) in [5, 5.41) is 0.250. The summed E-state index contributed by atoms with van der Waals surface area (Å²) >= 11 is 0. The van der Waals surface area contributed by atoms with Crippen LogP contribution in [0.15, 0.2) is 30.3 Å². The molecular weight excluding hydrogens is 641 g/mol. The van der Waals surface area contributed by atoms with Crippen molar-refractivity contribution >= 4 is 22.9 Å². The number of carbonyl (C=O) groups excluding carboxylic acids is 1. The molecule has 0 aliphatic rings. The van der Waals surface area contributed by atoms with Gasteiger partial charge >= 0.3 is 0 Å². The van der Waals surface area contributed by atoms with Gasteiger partial charge in [0, 0.05) is 18.9 Å². The Morgan fingerprint density at radius 1 is 0.735 bits per heavy atom.